The molecule has 3 aromatic rings. The summed E-state index contributed by atoms with van der Waals surface area (Å²) in [7, 11) is -3.59. The normalized spacial score (nSPS) is 11.4. The average Bonchev–Trinajstić information content (AvgIpc) is 2.91. The number of aryl methyl sites for hydroxylation is 2. The molecule has 0 radical (unpaired) electrons. The zero-order valence-electron chi connectivity index (χ0n) is 16.6. The lowest BCUT2D eigenvalue weighted by atomic mass is 10.1. The molecule has 1 aromatic heterocycles. The van der Waals surface area contributed by atoms with Crippen LogP contribution in [0.5, 0.6) is 0 Å². The number of nitrogens with zero attached hydrogens (tertiary/aromatic N) is 2. The number of amides is 1. The first-order valence-corrected chi connectivity index (χ1v) is 10.8. The maximum Gasteiger partial charge on any atom is 0.259 e. The van der Waals surface area contributed by atoms with E-state index in [1.54, 1.807) is 24.3 Å². The predicted molar refractivity (Wildman–Crippen MR) is 113 cm³/mol. The van der Waals surface area contributed by atoms with Crippen molar-refractivity contribution >= 4 is 21.6 Å². The summed E-state index contributed by atoms with van der Waals surface area (Å²) in [6, 6.07) is 14.8. The molecule has 7 nitrogen and oxygen atoms in total. The first-order valence-electron chi connectivity index (χ1n) is 9.13. The summed E-state index contributed by atoms with van der Waals surface area (Å²) >= 11 is 0. The summed E-state index contributed by atoms with van der Waals surface area (Å²) < 4.78 is 24.2. The van der Waals surface area contributed by atoms with Crippen LogP contribution in [0.25, 0.3) is 0 Å². The number of sulfonamides is 1. The number of hydrogen-bond donors (Lipinski definition) is 2. The minimum atomic E-state index is -3.59. The molecular formula is C21H24N4O3S. The monoisotopic (exact) mass is 412 g/mol. The molecule has 0 bridgehead atoms. The predicted octanol–water partition coefficient (Wildman–Crippen LogP) is 2.90. The third kappa shape index (κ3) is 5.30. The fourth-order valence-electron chi connectivity index (χ4n) is 3.16. The summed E-state index contributed by atoms with van der Waals surface area (Å²) in [5.74, 6) is -0.500. The highest BCUT2D eigenvalue weighted by Crippen LogP contribution is 2.18. The van der Waals surface area contributed by atoms with Gasteiger partial charge >= 0.3 is 0 Å². The number of primary sulfonamides is 1. The molecule has 29 heavy (non-hydrogen) atoms. The Hall–Kier alpha value is -2.97. The first-order chi connectivity index (χ1) is 13.6. The quantitative estimate of drug-likeness (QED) is 0.649. The number of aromatic nitrogens is 2. The standard InChI is InChI=1S/C21H24N4O3S/c1-14-4-6-17(7-5-14)12-25-16(3)20(15(2)24-25)21(26)23-19-10-8-18(9-11-19)13-29(22,27)28/h4-11H,12-13H2,1-3H3,(H,23,26)(H2,22,27,28). The van der Waals surface area contributed by atoms with Crippen molar-refractivity contribution in [1.82, 2.24) is 9.78 Å². The van der Waals surface area contributed by atoms with E-state index in [0.717, 1.165) is 11.3 Å². The van der Waals surface area contributed by atoms with Gasteiger partial charge in [-0.15, -0.1) is 0 Å². The Morgan fingerprint density at radius 1 is 1.00 bits per heavy atom. The molecule has 0 fully saturated rings. The number of anilines is 1. The van der Waals surface area contributed by atoms with Crippen molar-refractivity contribution < 1.29 is 13.2 Å². The lowest BCUT2D eigenvalue weighted by molar-refractivity contribution is 0.102. The van der Waals surface area contributed by atoms with Crippen molar-refractivity contribution in [2.75, 3.05) is 5.32 Å². The van der Waals surface area contributed by atoms with Crippen LogP contribution in [0.1, 0.15) is 38.4 Å². The van der Waals surface area contributed by atoms with Gasteiger partial charge in [-0.2, -0.15) is 5.10 Å². The van der Waals surface area contributed by atoms with Gasteiger partial charge in [-0.1, -0.05) is 42.0 Å². The van der Waals surface area contributed by atoms with Crippen LogP contribution in [0.3, 0.4) is 0 Å². The Kier molecular flexibility index (Phi) is 5.86. The SMILES string of the molecule is Cc1ccc(Cn2nc(C)c(C(=O)Nc3ccc(CS(N)(=O)=O)cc3)c2C)cc1. The number of benzene rings is 2. The largest absolute Gasteiger partial charge is 0.322 e. The molecular weight excluding hydrogens is 388 g/mol. The molecule has 0 aliphatic heterocycles. The third-order valence-corrected chi connectivity index (χ3v) is 5.38. The number of nitrogens with two attached hydrogens (primary N) is 1. The molecule has 8 heteroatoms. The number of carbonyl (C=O) groups excluding carboxylic acids is 1. The maximum absolute atomic E-state index is 12.8. The Balaban J connectivity index is 1.75. The van der Waals surface area contributed by atoms with Crippen LogP contribution < -0.4 is 10.5 Å². The molecule has 1 heterocycles. The Morgan fingerprint density at radius 3 is 2.17 bits per heavy atom. The minimum Gasteiger partial charge on any atom is -0.322 e. The third-order valence-electron chi connectivity index (χ3n) is 4.64. The van der Waals surface area contributed by atoms with Gasteiger partial charge < -0.3 is 5.32 Å². The van der Waals surface area contributed by atoms with Crippen LogP contribution in [0.4, 0.5) is 5.69 Å². The summed E-state index contributed by atoms with van der Waals surface area (Å²) in [6.07, 6.45) is 0. The van der Waals surface area contributed by atoms with E-state index in [1.807, 2.05) is 37.6 Å². The van der Waals surface area contributed by atoms with E-state index in [-0.39, 0.29) is 11.7 Å². The van der Waals surface area contributed by atoms with Gasteiger partial charge in [-0.25, -0.2) is 13.6 Å². The zero-order chi connectivity index (χ0) is 21.2. The van der Waals surface area contributed by atoms with Crippen molar-refractivity contribution in [3.05, 3.63) is 82.2 Å². The van der Waals surface area contributed by atoms with Gasteiger partial charge in [-0.3, -0.25) is 9.48 Å². The van der Waals surface area contributed by atoms with Crippen LogP contribution in [-0.4, -0.2) is 24.1 Å². The topological polar surface area (TPSA) is 107 Å². The van der Waals surface area contributed by atoms with Crippen LogP contribution in [0.15, 0.2) is 48.5 Å². The summed E-state index contributed by atoms with van der Waals surface area (Å²) in [6.45, 7) is 6.31. The molecule has 152 valence electrons. The summed E-state index contributed by atoms with van der Waals surface area (Å²) in [4.78, 5) is 12.8. The molecule has 0 unspecified atom stereocenters. The maximum atomic E-state index is 12.8. The molecule has 3 rings (SSSR count). The second kappa shape index (κ2) is 8.18. The van der Waals surface area contributed by atoms with E-state index in [2.05, 4.69) is 22.5 Å². The van der Waals surface area contributed by atoms with E-state index < -0.39 is 10.0 Å². The molecule has 2 aromatic carbocycles. The van der Waals surface area contributed by atoms with Crippen LogP contribution in [0.2, 0.25) is 0 Å². The van der Waals surface area contributed by atoms with Gasteiger partial charge in [0.2, 0.25) is 10.0 Å². The second-order valence-corrected chi connectivity index (χ2v) is 8.76. The molecule has 0 spiro atoms. The smallest absolute Gasteiger partial charge is 0.259 e. The van der Waals surface area contributed by atoms with E-state index >= 15 is 0 Å². The van der Waals surface area contributed by atoms with Crippen LogP contribution in [0, 0.1) is 20.8 Å². The molecule has 0 aliphatic rings. The number of carbonyl (C=O) groups is 1. The highest BCUT2D eigenvalue weighted by atomic mass is 32.2. The van der Waals surface area contributed by atoms with Crippen molar-refractivity contribution in [2.24, 2.45) is 5.14 Å². The highest BCUT2D eigenvalue weighted by molar-refractivity contribution is 7.88. The van der Waals surface area contributed by atoms with Crippen molar-refractivity contribution in [2.45, 2.75) is 33.1 Å². The Morgan fingerprint density at radius 2 is 1.59 bits per heavy atom. The van der Waals surface area contributed by atoms with Crippen molar-refractivity contribution in [1.29, 1.82) is 0 Å². The Labute approximate surface area is 170 Å². The molecule has 0 atom stereocenters. The summed E-state index contributed by atoms with van der Waals surface area (Å²) in [5, 5.41) is 12.4. The summed E-state index contributed by atoms with van der Waals surface area (Å²) in [5.41, 5.74) is 5.40. The van der Waals surface area contributed by atoms with Crippen LogP contribution in [-0.2, 0) is 22.3 Å². The minimum absolute atomic E-state index is 0.245. The fourth-order valence-corrected chi connectivity index (χ4v) is 3.81. The molecule has 1 amide bonds. The second-order valence-electron chi connectivity index (χ2n) is 7.15. The zero-order valence-corrected chi connectivity index (χ0v) is 17.5. The Bertz CT molecular complexity index is 1130. The molecule has 0 saturated carbocycles. The molecule has 0 saturated heterocycles. The van der Waals surface area contributed by atoms with Gasteiger partial charge in [0.25, 0.3) is 5.91 Å². The lowest BCUT2D eigenvalue weighted by Crippen LogP contribution is -2.15. The fraction of sp³-hybridized carbons (Fsp3) is 0.238. The van der Waals surface area contributed by atoms with Gasteiger partial charge in [0.1, 0.15) is 0 Å². The van der Waals surface area contributed by atoms with E-state index in [9.17, 15) is 13.2 Å². The van der Waals surface area contributed by atoms with Crippen LogP contribution >= 0.6 is 0 Å². The van der Waals surface area contributed by atoms with Crippen molar-refractivity contribution in [3.63, 3.8) is 0 Å². The van der Waals surface area contributed by atoms with Crippen molar-refractivity contribution in [3.8, 4) is 0 Å². The van der Waals surface area contributed by atoms with Gasteiger partial charge in [-0.05, 0) is 44.0 Å². The lowest BCUT2D eigenvalue weighted by Gasteiger charge is -2.08. The van der Waals surface area contributed by atoms with Gasteiger partial charge in [0.15, 0.2) is 0 Å². The number of rotatable bonds is 6. The highest BCUT2D eigenvalue weighted by Gasteiger charge is 2.19. The average molecular weight is 413 g/mol. The molecule has 0 aliphatic carbocycles. The van der Waals surface area contributed by atoms with Gasteiger partial charge in [0, 0.05) is 11.4 Å². The number of nitrogens with one attached hydrogen (secondary N) is 1. The van der Waals surface area contributed by atoms with E-state index in [1.165, 1.54) is 5.56 Å². The molecule has 3 N–H and O–H groups in total. The van der Waals surface area contributed by atoms with E-state index in [0.29, 0.717) is 29.1 Å². The van der Waals surface area contributed by atoms with Gasteiger partial charge in [0.05, 0.1) is 23.6 Å². The first kappa shape index (κ1) is 20.8. The van der Waals surface area contributed by atoms with E-state index in [4.69, 9.17) is 5.14 Å². The number of hydrogen-bond acceptors (Lipinski definition) is 4.